The van der Waals surface area contributed by atoms with Gasteiger partial charge in [0, 0.05) is 29.5 Å². The molecule has 0 spiro atoms. The van der Waals surface area contributed by atoms with E-state index in [1.807, 2.05) is 12.1 Å². The van der Waals surface area contributed by atoms with E-state index in [0.29, 0.717) is 35.4 Å². The van der Waals surface area contributed by atoms with E-state index in [4.69, 9.17) is 0 Å². The van der Waals surface area contributed by atoms with Crippen molar-refractivity contribution in [3.63, 3.8) is 0 Å². The van der Waals surface area contributed by atoms with Crippen LogP contribution in [0.2, 0.25) is 0 Å². The Kier molecular flexibility index (Phi) is 4.57. The van der Waals surface area contributed by atoms with Crippen LogP contribution in [0.5, 0.6) is 0 Å². The number of carboxylic acids is 1. The summed E-state index contributed by atoms with van der Waals surface area (Å²) in [6.45, 7) is 5.49. The normalized spacial score (nSPS) is 18.1. The number of piperidine rings is 1. The van der Waals surface area contributed by atoms with Crippen molar-refractivity contribution in [2.75, 3.05) is 18.0 Å². The number of nitrogens with zero attached hydrogens (tertiary/aromatic N) is 1. The van der Waals surface area contributed by atoms with Gasteiger partial charge in [-0.25, -0.2) is 4.79 Å². The topological polar surface area (TPSA) is 57.6 Å². The molecule has 1 saturated heterocycles. The predicted octanol–water partition coefficient (Wildman–Crippen LogP) is 4.07. The summed E-state index contributed by atoms with van der Waals surface area (Å²) in [6, 6.07) is 1.82. The van der Waals surface area contributed by atoms with Gasteiger partial charge in [-0.15, -0.1) is 6.58 Å². The van der Waals surface area contributed by atoms with Gasteiger partial charge in [-0.2, -0.15) is 0 Å². The summed E-state index contributed by atoms with van der Waals surface area (Å²) >= 11 is 3.47. The van der Waals surface area contributed by atoms with Crippen LogP contribution in [0.1, 0.15) is 52.0 Å². The van der Waals surface area contributed by atoms with Crippen LogP contribution in [0, 0.1) is 5.92 Å². The van der Waals surface area contributed by atoms with Crippen molar-refractivity contribution in [3.8, 4) is 0 Å². The van der Waals surface area contributed by atoms with Crippen molar-refractivity contribution in [1.29, 1.82) is 0 Å². The Balaban J connectivity index is 1.97. The maximum atomic E-state index is 12.0. The molecule has 1 aliphatic carbocycles. The van der Waals surface area contributed by atoms with Crippen LogP contribution >= 0.6 is 15.9 Å². The monoisotopic (exact) mass is 377 g/mol. The number of carboxylic acid groups (broad SMARTS) is 1. The van der Waals surface area contributed by atoms with E-state index in [2.05, 4.69) is 27.4 Å². The van der Waals surface area contributed by atoms with Crippen molar-refractivity contribution < 1.29 is 14.7 Å². The van der Waals surface area contributed by atoms with E-state index in [-0.39, 0.29) is 5.78 Å². The molecule has 2 aliphatic rings. The Morgan fingerprint density at radius 2 is 2.09 bits per heavy atom. The van der Waals surface area contributed by atoms with Gasteiger partial charge >= 0.3 is 5.97 Å². The summed E-state index contributed by atoms with van der Waals surface area (Å²) in [5.41, 5.74) is 2.32. The van der Waals surface area contributed by atoms with Gasteiger partial charge in [-0.05, 0) is 59.2 Å². The molecular formula is C18H20BrNO3. The zero-order chi connectivity index (χ0) is 16.6. The van der Waals surface area contributed by atoms with Crippen LogP contribution in [0.3, 0.4) is 0 Å². The zero-order valence-electron chi connectivity index (χ0n) is 13.0. The molecule has 23 heavy (non-hydrogen) atoms. The van der Waals surface area contributed by atoms with Crippen molar-refractivity contribution in [1.82, 2.24) is 0 Å². The lowest BCUT2D eigenvalue weighted by atomic mass is 9.92. The number of hydrogen-bond acceptors (Lipinski definition) is 3. The summed E-state index contributed by atoms with van der Waals surface area (Å²) < 4.78 is 0.725. The molecule has 0 saturated carbocycles. The Labute approximate surface area is 144 Å². The molecule has 4 nitrogen and oxygen atoms in total. The number of aromatic carboxylic acids is 1. The largest absolute Gasteiger partial charge is 0.478 e. The van der Waals surface area contributed by atoms with Crippen LogP contribution in [0.4, 0.5) is 5.69 Å². The molecule has 1 heterocycles. The number of anilines is 1. The molecule has 1 aromatic carbocycles. The second-order valence-electron chi connectivity index (χ2n) is 6.29. The number of ketones is 1. The molecule has 0 unspecified atom stereocenters. The fourth-order valence-electron chi connectivity index (χ4n) is 3.74. The molecule has 0 atom stereocenters. The maximum absolute atomic E-state index is 12.0. The minimum Gasteiger partial charge on any atom is -0.478 e. The molecular weight excluding hydrogens is 358 g/mol. The lowest BCUT2D eigenvalue weighted by molar-refractivity contribution is 0.0696. The molecule has 0 amide bonds. The maximum Gasteiger partial charge on any atom is 0.338 e. The van der Waals surface area contributed by atoms with Crippen molar-refractivity contribution in [3.05, 3.63) is 39.9 Å². The summed E-state index contributed by atoms with van der Waals surface area (Å²) in [6.07, 6.45) is 5.98. The SMILES string of the molecule is C=CCC1CCN(c2cc(Br)c3c(c2C(=O)O)CCC3=O)CC1. The van der Waals surface area contributed by atoms with Crippen molar-refractivity contribution >= 4 is 33.4 Å². The van der Waals surface area contributed by atoms with Crippen LogP contribution < -0.4 is 4.90 Å². The molecule has 1 N–H and O–H groups in total. The van der Waals surface area contributed by atoms with Gasteiger partial charge in [0.2, 0.25) is 0 Å². The van der Waals surface area contributed by atoms with Crippen molar-refractivity contribution in [2.24, 2.45) is 5.92 Å². The van der Waals surface area contributed by atoms with E-state index >= 15 is 0 Å². The third-order valence-corrected chi connectivity index (χ3v) is 5.54. The van der Waals surface area contributed by atoms with E-state index in [0.717, 1.165) is 42.5 Å². The standard InChI is InChI=1S/C18H20BrNO3/c1-2-3-11-6-8-20(9-7-11)14-10-13(19)16-12(4-5-15(16)21)17(14)18(22)23/h2,10-11H,1,3-9H2,(H,22,23). The highest BCUT2D eigenvalue weighted by Crippen LogP contribution is 2.39. The van der Waals surface area contributed by atoms with Crippen LogP contribution in [-0.2, 0) is 6.42 Å². The first kappa shape index (κ1) is 16.2. The molecule has 1 fully saturated rings. The predicted molar refractivity (Wildman–Crippen MR) is 93.5 cm³/mol. The van der Waals surface area contributed by atoms with Gasteiger partial charge < -0.3 is 10.0 Å². The average molecular weight is 378 g/mol. The molecule has 122 valence electrons. The molecule has 5 heteroatoms. The van der Waals surface area contributed by atoms with Gasteiger partial charge in [-0.1, -0.05) is 6.08 Å². The second kappa shape index (κ2) is 6.48. The number of rotatable bonds is 4. The second-order valence-corrected chi connectivity index (χ2v) is 7.14. The van der Waals surface area contributed by atoms with E-state index in [1.54, 1.807) is 0 Å². The summed E-state index contributed by atoms with van der Waals surface area (Å²) in [4.78, 5) is 26.0. The fourth-order valence-corrected chi connectivity index (χ4v) is 4.41. The number of Topliss-reactive ketones (excluding diaryl/α,β-unsaturated/α-hetero) is 1. The summed E-state index contributed by atoms with van der Waals surface area (Å²) in [5, 5.41) is 9.71. The highest BCUT2D eigenvalue weighted by atomic mass is 79.9. The van der Waals surface area contributed by atoms with Gasteiger partial charge in [0.1, 0.15) is 0 Å². The van der Waals surface area contributed by atoms with Gasteiger partial charge in [0.05, 0.1) is 11.3 Å². The lowest BCUT2D eigenvalue weighted by Gasteiger charge is -2.34. The Morgan fingerprint density at radius 3 is 2.70 bits per heavy atom. The smallest absolute Gasteiger partial charge is 0.338 e. The molecule has 1 aromatic rings. The zero-order valence-corrected chi connectivity index (χ0v) is 14.6. The van der Waals surface area contributed by atoms with Crippen LogP contribution in [0.15, 0.2) is 23.2 Å². The Morgan fingerprint density at radius 1 is 1.39 bits per heavy atom. The van der Waals surface area contributed by atoms with E-state index in [1.165, 1.54) is 0 Å². The quantitative estimate of drug-likeness (QED) is 0.803. The number of carbonyl (C=O) groups is 2. The third-order valence-electron chi connectivity index (χ3n) is 4.91. The van der Waals surface area contributed by atoms with Crippen molar-refractivity contribution in [2.45, 2.75) is 32.1 Å². The van der Waals surface area contributed by atoms with E-state index in [9.17, 15) is 14.7 Å². The number of allylic oxidation sites excluding steroid dienone is 1. The highest BCUT2D eigenvalue weighted by Gasteiger charge is 2.32. The first-order valence-corrected chi connectivity index (χ1v) is 8.80. The first-order valence-electron chi connectivity index (χ1n) is 8.00. The molecule has 3 rings (SSSR count). The third kappa shape index (κ3) is 2.94. The molecule has 1 aliphatic heterocycles. The summed E-state index contributed by atoms with van der Waals surface area (Å²) in [7, 11) is 0. The Bertz CT molecular complexity index is 675. The number of halogens is 1. The van der Waals surface area contributed by atoms with Gasteiger partial charge in [-0.3, -0.25) is 4.79 Å². The number of benzene rings is 1. The highest BCUT2D eigenvalue weighted by molar-refractivity contribution is 9.10. The average Bonchev–Trinajstić information content (AvgIpc) is 2.90. The van der Waals surface area contributed by atoms with Gasteiger partial charge in [0.25, 0.3) is 0 Å². The number of hydrogen-bond donors (Lipinski definition) is 1. The molecule has 0 radical (unpaired) electrons. The minimum absolute atomic E-state index is 0.0330. The number of fused-ring (bicyclic) bond motifs is 1. The van der Waals surface area contributed by atoms with Crippen LogP contribution in [0.25, 0.3) is 0 Å². The van der Waals surface area contributed by atoms with E-state index < -0.39 is 5.97 Å². The Hall–Kier alpha value is -1.62. The minimum atomic E-state index is -0.938. The molecule has 0 bridgehead atoms. The van der Waals surface area contributed by atoms with Gasteiger partial charge in [0.15, 0.2) is 5.78 Å². The number of carbonyl (C=O) groups excluding carboxylic acids is 1. The summed E-state index contributed by atoms with van der Waals surface area (Å²) in [5.74, 6) is -0.270. The van der Waals surface area contributed by atoms with Crippen LogP contribution in [-0.4, -0.2) is 29.9 Å². The first-order chi connectivity index (χ1) is 11.0. The fraction of sp³-hybridized carbons (Fsp3) is 0.444. The lowest BCUT2D eigenvalue weighted by Crippen LogP contribution is -2.35. The molecule has 0 aromatic heterocycles.